The molecule has 0 saturated carbocycles. The third-order valence-corrected chi connectivity index (χ3v) is 4.62. The first-order valence-electron chi connectivity index (χ1n) is 8.60. The number of aromatic nitrogens is 2. The second kappa shape index (κ2) is 7.75. The number of nitrogens with zero attached hydrogens (tertiary/aromatic N) is 3. The summed E-state index contributed by atoms with van der Waals surface area (Å²) in [6, 6.07) is 11.7. The molecule has 0 spiro atoms. The van der Waals surface area contributed by atoms with Crippen molar-refractivity contribution in [2.45, 2.75) is 45.3 Å². The van der Waals surface area contributed by atoms with Gasteiger partial charge in [0.2, 0.25) is 0 Å². The van der Waals surface area contributed by atoms with Gasteiger partial charge in [-0.15, -0.1) is 0 Å². The van der Waals surface area contributed by atoms with E-state index in [1.807, 2.05) is 12.5 Å². The molecule has 1 aliphatic heterocycles. The van der Waals surface area contributed by atoms with E-state index in [2.05, 4.69) is 58.6 Å². The predicted molar refractivity (Wildman–Crippen MR) is 92.4 cm³/mol. The number of rotatable bonds is 7. The molecule has 4 heteroatoms. The van der Waals surface area contributed by atoms with Crippen LogP contribution in [-0.2, 0) is 17.7 Å². The Bertz CT molecular complexity index is 588. The maximum absolute atomic E-state index is 5.62. The lowest BCUT2D eigenvalue weighted by molar-refractivity contribution is 0.137. The van der Waals surface area contributed by atoms with Crippen molar-refractivity contribution in [3.63, 3.8) is 0 Å². The highest BCUT2D eigenvalue weighted by atomic mass is 16.5. The Morgan fingerprint density at radius 3 is 2.83 bits per heavy atom. The van der Waals surface area contributed by atoms with Gasteiger partial charge < -0.3 is 9.30 Å². The zero-order valence-electron chi connectivity index (χ0n) is 14.2. The number of imidazole rings is 1. The summed E-state index contributed by atoms with van der Waals surface area (Å²) in [5, 5.41) is 0. The van der Waals surface area contributed by atoms with Crippen molar-refractivity contribution in [3.8, 4) is 0 Å². The summed E-state index contributed by atoms with van der Waals surface area (Å²) in [5.41, 5.74) is 2.69. The highest BCUT2D eigenvalue weighted by Crippen LogP contribution is 2.18. The summed E-state index contributed by atoms with van der Waals surface area (Å²) >= 11 is 0. The lowest BCUT2D eigenvalue weighted by atomic mass is 10.1. The average Bonchev–Trinajstić information content (AvgIpc) is 3.23. The molecule has 0 amide bonds. The molecule has 124 valence electrons. The normalized spacial score (nSPS) is 18.2. The van der Waals surface area contributed by atoms with Crippen LogP contribution in [0.2, 0.25) is 0 Å². The molecule has 3 rings (SSSR count). The number of benzene rings is 1. The van der Waals surface area contributed by atoms with Crippen LogP contribution in [0.3, 0.4) is 0 Å². The third kappa shape index (κ3) is 4.21. The smallest absolute Gasteiger partial charge is 0.0951 e. The molecule has 0 aliphatic carbocycles. The van der Waals surface area contributed by atoms with E-state index in [0.29, 0.717) is 12.1 Å². The molecule has 0 radical (unpaired) electrons. The van der Waals surface area contributed by atoms with E-state index in [1.165, 1.54) is 11.3 Å². The third-order valence-electron chi connectivity index (χ3n) is 4.62. The van der Waals surface area contributed by atoms with Crippen molar-refractivity contribution >= 4 is 0 Å². The van der Waals surface area contributed by atoms with E-state index in [4.69, 9.17) is 4.74 Å². The zero-order chi connectivity index (χ0) is 16.1. The van der Waals surface area contributed by atoms with Crippen LogP contribution in [0.15, 0.2) is 42.9 Å². The van der Waals surface area contributed by atoms with Crippen molar-refractivity contribution in [1.29, 1.82) is 0 Å². The van der Waals surface area contributed by atoms with Gasteiger partial charge in [-0.05, 0) is 32.3 Å². The SMILES string of the molecule is CC(C)n1cncc1CN(CCc1ccccc1)C1CCOC1. The molecule has 0 N–H and O–H groups in total. The minimum atomic E-state index is 0.448. The van der Waals surface area contributed by atoms with E-state index in [9.17, 15) is 0 Å². The first-order valence-corrected chi connectivity index (χ1v) is 8.60. The van der Waals surface area contributed by atoms with Crippen LogP contribution in [0.1, 0.15) is 37.6 Å². The minimum absolute atomic E-state index is 0.448. The molecule has 1 saturated heterocycles. The molecule has 1 aromatic carbocycles. The molecule has 2 heterocycles. The summed E-state index contributed by atoms with van der Waals surface area (Å²) in [6.45, 7) is 8.15. The molecule has 4 nitrogen and oxygen atoms in total. The Kier molecular flexibility index (Phi) is 5.47. The molecule has 1 aliphatic rings. The van der Waals surface area contributed by atoms with Gasteiger partial charge in [-0.1, -0.05) is 30.3 Å². The van der Waals surface area contributed by atoms with Crippen LogP contribution in [0, 0.1) is 0 Å². The number of hydrogen-bond acceptors (Lipinski definition) is 3. The van der Waals surface area contributed by atoms with Crippen molar-refractivity contribution < 1.29 is 4.74 Å². The van der Waals surface area contributed by atoms with E-state index in [-0.39, 0.29) is 0 Å². The van der Waals surface area contributed by atoms with E-state index in [1.54, 1.807) is 0 Å². The number of ether oxygens (including phenoxy) is 1. The van der Waals surface area contributed by atoms with Crippen LogP contribution in [0.4, 0.5) is 0 Å². The van der Waals surface area contributed by atoms with E-state index >= 15 is 0 Å². The topological polar surface area (TPSA) is 30.3 Å². The molecule has 0 bridgehead atoms. The summed E-state index contributed by atoms with van der Waals surface area (Å²) < 4.78 is 7.89. The maximum atomic E-state index is 5.62. The number of hydrogen-bond donors (Lipinski definition) is 0. The molecule has 23 heavy (non-hydrogen) atoms. The van der Waals surface area contributed by atoms with Crippen LogP contribution in [-0.4, -0.2) is 40.3 Å². The second-order valence-electron chi connectivity index (χ2n) is 6.61. The fourth-order valence-corrected chi connectivity index (χ4v) is 3.25. The van der Waals surface area contributed by atoms with Gasteiger partial charge in [0, 0.05) is 38.0 Å². The van der Waals surface area contributed by atoms with Crippen molar-refractivity contribution in [3.05, 3.63) is 54.1 Å². The maximum Gasteiger partial charge on any atom is 0.0951 e. The first kappa shape index (κ1) is 16.2. The summed E-state index contributed by atoms with van der Waals surface area (Å²) in [7, 11) is 0. The lowest BCUT2D eigenvalue weighted by Gasteiger charge is -2.28. The van der Waals surface area contributed by atoms with E-state index < -0.39 is 0 Å². The Hall–Kier alpha value is -1.65. The largest absolute Gasteiger partial charge is 0.380 e. The van der Waals surface area contributed by atoms with Crippen LogP contribution >= 0.6 is 0 Å². The van der Waals surface area contributed by atoms with Crippen LogP contribution < -0.4 is 0 Å². The first-order chi connectivity index (χ1) is 11.2. The van der Waals surface area contributed by atoms with Gasteiger partial charge in [0.1, 0.15) is 0 Å². The second-order valence-corrected chi connectivity index (χ2v) is 6.61. The summed E-state index contributed by atoms with van der Waals surface area (Å²) in [6.07, 6.45) is 6.16. The summed E-state index contributed by atoms with van der Waals surface area (Å²) in [4.78, 5) is 6.91. The van der Waals surface area contributed by atoms with Crippen LogP contribution in [0.5, 0.6) is 0 Å². The quantitative estimate of drug-likeness (QED) is 0.786. The monoisotopic (exact) mass is 313 g/mol. The molecule has 1 fully saturated rings. The fourth-order valence-electron chi connectivity index (χ4n) is 3.25. The highest BCUT2D eigenvalue weighted by Gasteiger charge is 2.24. The van der Waals surface area contributed by atoms with Gasteiger partial charge in [-0.3, -0.25) is 4.90 Å². The average molecular weight is 313 g/mol. The van der Waals surface area contributed by atoms with Crippen molar-refractivity contribution in [1.82, 2.24) is 14.5 Å². The molecular weight excluding hydrogens is 286 g/mol. The highest BCUT2D eigenvalue weighted by molar-refractivity contribution is 5.15. The predicted octanol–water partition coefficient (Wildman–Crippen LogP) is 3.30. The van der Waals surface area contributed by atoms with E-state index in [0.717, 1.165) is 39.1 Å². The summed E-state index contributed by atoms with van der Waals surface area (Å²) in [5.74, 6) is 0. The Morgan fingerprint density at radius 2 is 2.13 bits per heavy atom. The van der Waals surface area contributed by atoms with Gasteiger partial charge in [0.25, 0.3) is 0 Å². The van der Waals surface area contributed by atoms with Crippen molar-refractivity contribution in [2.75, 3.05) is 19.8 Å². The molecule has 1 aromatic heterocycles. The lowest BCUT2D eigenvalue weighted by Crippen LogP contribution is -2.37. The van der Waals surface area contributed by atoms with Gasteiger partial charge in [0.15, 0.2) is 0 Å². The van der Waals surface area contributed by atoms with Gasteiger partial charge in [-0.2, -0.15) is 0 Å². The zero-order valence-corrected chi connectivity index (χ0v) is 14.2. The molecule has 1 unspecified atom stereocenters. The van der Waals surface area contributed by atoms with Crippen molar-refractivity contribution in [2.24, 2.45) is 0 Å². The fraction of sp³-hybridized carbons (Fsp3) is 0.526. The molecule has 1 atom stereocenters. The minimum Gasteiger partial charge on any atom is -0.380 e. The molecular formula is C19H27N3O. The Balaban J connectivity index is 1.69. The Morgan fingerprint density at radius 1 is 1.30 bits per heavy atom. The van der Waals surface area contributed by atoms with Crippen LogP contribution in [0.25, 0.3) is 0 Å². The standard InChI is InChI=1S/C19H27N3O/c1-16(2)22-15-20-12-19(22)13-21(18-9-11-23-14-18)10-8-17-6-4-3-5-7-17/h3-7,12,15-16,18H,8-11,13-14H2,1-2H3. The van der Waals surface area contributed by atoms with Gasteiger partial charge >= 0.3 is 0 Å². The molecule has 2 aromatic rings. The van der Waals surface area contributed by atoms with Gasteiger partial charge in [-0.25, -0.2) is 4.98 Å². The Labute approximate surface area is 139 Å². The van der Waals surface area contributed by atoms with Gasteiger partial charge in [0.05, 0.1) is 18.6 Å².